The van der Waals surface area contributed by atoms with Gasteiger partial charge in [-0.25, -0.2) is 0 Å². The molecule has 0 aliphatic carbocycles. The number of nitrogens with zero attached hydrogens (tertiary/aromatic N) is 2. The fourth-order valence-electron chi connectivity index (χ4n) is 0.739. The predicted octanol–water partition coefficient (Wildman–Crippen LogP) is 0.356. The van der Waals surface area contributed by atoms with Crippen LogP contribution < -0.4 is 5.32 Å². The van der Waals surface area contributed by atoms with Gasteiger partial charge in [0.15, 0.2) is 6.33 Å². The van der Waals surface area contributed by atoms with E-state index < -0.39 is 5.38 Å². The van der Waals surface area contributed by atoms with Crippen LogP contribution in [0, 0.1) is 0 Å². The van der Waals surface area contributed by atoms with E-state index in [0.717, 1.165) is 0 Å². The molecule has 1 atom stereocenters. The Labute approximate surface area is 80.5 Å². The molecule has 1 aromatic rings. The molecule has 5 nitrogen and oxygen atoms in total. The van der Waals surface area contributed by atoms with Crippen molar-refractivity contribution in [1.82, 2.24) is 15.5 Å². The second kappa shape index (κ2) is 4.81. The summed E-state index contributed by atoms with van der Waals surface area (Å²) in [6.45, 7) is 2.07. The summed E-state index contributed by atoms with van der Waals surface area (Å²) in [5, 5.41) is 5.54. The third-order valence-electron chi connectivity index (χ3n) is 1.41. The van der Waals surface area contributed by atoms with E-state index in [0.29, 0.717) is 18.9 Å². The minimum absolute atomic E-state index is 0.193. The van der Waals surface area contributed by atoms with E-state index in [1.807, 2.05) is 0 Å². The van der Waals surface area contributed by atoms with Crippen molar-refractivity contribution in [2.75, 3.05) is 6.54 Å². The number of halogens is 1. The summed E-state index contributed by atoms with van der Waals surface area (Å²) < 4.78 is 4.73. The van der Waals surface area contributed by atoms with E-state index in [2.05, 4.69) is 15.5 Å². The minimum Gasteiger partial charge on any atom is -0.354 e. The lowest BCUT2D eigenvalue weighted by atomic mass is 10.4. The highest BCUT2D eigenvalue weighted by atomic mass is 35.5. The van der Waals surface area contributed by atoms with Crippen LogP contribution in [0.1, 0.15) is 12.8 Å². The molecule has 1 rings (SSSR count). The smallest absolute Gasteiger partial charge is 0.237 e. The van der Waals surface area contributed by atoms with Crippen LogP contribution in [0.25, 0.3) is 0 Å². The molecule has 13 heavy (non-hydrogen) atoms. The molecular weight excluding hydrogens is 194 g/mol. The van der Waals surface area contributed by atoms with Gasteiger partial charge in [0.1, 0.15) is 5.38 Å². The first kappa shape index (κ1) is 9.98. The summed E-state index contributed by atoms with van der Waals surface area (Å²) in [5.74, 6) is 0.309. The molecule has 0 bridgehead atoms. The van der Waals surface area contributed by atoms with Gasteiger partial charge in [-0.1, -0.05) is 5.16 Å². The van der Waals surface area contributed by atoms with Gasteiger partial charge in [-0.3, -0.25) is 4.79 Å². The minimum atomic E-state index is -0.511. The Morgan fingerprint density at radius 2 is 2.62 bits per heavy atom. The number of nitrogens with one attached hydrogen (secondary N) is 1. The number of alkyl halides is 1. The van der Waals surface area contributed by atoms with Gasteiger partial charge in [-0.15, -0.1) is 11.6 Å². The van der Waals surface area contributed by atoms with E-state index in [9.17, 15) is 4.79 Å². The third-order valence-corrected chi connectivity index (χ3v) is 1.60. The zero-order chi connectivity index (χ0) is 9.68. The molecule has 1 heterocycles. The summed E-state index contributed by atoms with van der Waals surface area (Å²) in [6, 6.07) is 0. The third kappa shape index (κ3) is 3.42. The summed E-state index contributed by atoms with van der Waals surface area (Å²) in [5.41, 5.74) is 0. The monoisotopic (exact) mass is 203 g/mol. The first-order valence-corrected chi connectivity index (χ1v) is 4.31. The largest absolute Gasteiger partial charge is 0.354 e. The number of hydrogen-bond donors (Lipinski definition) is 1. The van der Waals surface area contributed by atoms with E-state index in [-0.39, 0.29) is 5.91 Å². The number of aromatic nitrogens is 2. The van der Waals surface area contributed by atoms with Crippen LogP contribution >= 0.6 is 11.6 Å². The normalized spacial score (nSPS) is 12.5. The van der Waals surface area contributed by atoms with Gasteiger partial charge in [0.2, 0.25) is 11.8 Å². The molecule has 1 N–H and O–H groups in total. The molecule has 1 amide bonds. The van der Waals surface area contributed by atoms with Crippen molar-refractivity contribution in [1.29, 1.82) is 0 Å². The standard InChI is InChI=1S/C7H10ClN3O2/c1-5(8)7(12)9-3-2-6-10-4-11-13-6/h4-5H,2-3H2,1H3,(H,9,12). The van der Waals surface area contributed by atoms with Crippen molar-refractivity contribution in [2.45, 2.75) is 18.7 Å². The first-order valence-electron chi connectivity index (χ1n) is 3.87. The Morgan fingerprint density at radius 1 is 1.85 bits per heavy atom. The van der Waals surface area contributed by atoms with Crippen molar-refractivity contribution in [3.05, 3.63) is 12.2 Å². The number of amides is 1. The average Bonchev–Trinajstić information content (AvgIpc) is 2.56. The Balaban J connectivity index is 2.18. The SMILES string of the molecule is CC(Cl)C(=O)NCCc1ncno1. The Kier molecular flexibility index (Phi) is 3.70. The van der Waals surface area contributed by atoms with Crippen LogP contribution in [0.15, 0.2) is 10.9 Å². The Hall–Kier alpha value is -1.10. The molecule has 1 unspecified atom stereocenters. The second-order valence-corrected chi connectivity index (χ2v) is 3.15. The van der Waals surface area contributed by atoms with Gasteiger partial charge in [0.25, 0.3) is 0 Å². The van der Waals surface area contributed by atoms with Crippen molar-refractivity contribution < 1.29 is 9.32 Å². The number of hydrogen-bond acceptors (Lipinski definition) is 4. The highest BCUT2D eigenvalue weighted by Crippen LogP contribution is 1.94. The van der Waals surface area contributed by atoms with Gasteiger partial charge in [-0.05, 0) is 6.92 Å². The van der Waals surface area contributed by atoms with Gasteiger partial charge in [0, 0.05) is 13.0 Å². The molecule has 0 aliphatic rings. The maximum atomic E-state index is 11.0. The molecule has 0 saturated carbocycles. The summed E-state index contributed by atoms with van der Waals surface area (Å²) in [4.78, 5) is 14.8. The fraction of sp³-hybridized carbons (Fsp3) is 0.571. The van der Waals surface area contributed by atoms with Crippen molar-refractivity contribution >= 4 is 17.5 Å². The summed E-state index contributed by atoms with van der Waals surface area (Å²) in [7, 11) is 0. The maximum Gasteiger partial charge on any atom is 0.237 e. The van der Waals surface area contributed by atoms with Crippen LogP contribution in [-0.2, 0) is 11.2 Å². The van der Waals surface area contributed by atoms with Crippen LogP contribution in [0.2, 0.25) is 0 Å². The van der Waals surface area contributed by atoms with Crippen molar-refractivity contribution in [3.63, 3.8) is 0 Å². The zero-order valence-corrected chi connectivity index (χ0v) is 7.91. The average molecular weight is 204 g/mol. The van der Waals surface area contributed by atoms with Gasteiger partial charge < -0.3 is 9.84 Å². The highest BCUT2D eigenvalue weighted by Gasteiger charge is 2.08. The Bertz CT molecular complexity index is 261. The molecule has 72 valence electrons. The van der Waals surface area contributed by atoms with Crippen LogP contribution in [0.5, 0.6) is 0 Å². The number of rotatable bonds is 4. The molecule has 0 fully saturated rings. The van der Waals surface area contributed by atoms with Crippen LogP contribution in [0.3, 0.4) is 0 Å². The predicted molar refractivity (Wildman–Crippen MR) is 46.3 cm³/mol. The van der Waals surface area contributed by atoms with E-state index >= 15 is 0 Å². The van der Waals surface area contributed by atoms with Gasteiger partial charge in [-0.2, -0.15) is 4.98 Å². The number of carbonyl (C=O) groups is 1. The van der Waals surface area contributed by atoms with E-state index in [1.54, 1.807) is 6.92 Å². The molecule has 0 aromatic carbocycles. The highest BCUT2D eigenvalue weighted by molar-refractivity contribution is 6.30. The van der Waals surface area contributed by atoms with Crippen molar-refractivity contribution in [2.24, 2.45) is 0 Å². The van der Waals surface area contributed by atoms with E-state index in [1.165, 1.54) is 6.33 Å². The van der Waals surface area contributed by atoms with Crippen LogP contribution in [-0.4, -0.2) is 28.0 Å². The van der Waals surface area contributed by atoms with Crippen molar-refractivity contribution in [3.8, 4) is 0 Å². The summed E-state index contributed by atoms with van der Waals surface area (Å²) in [6.07, 6.45) is 1.84. The lowest BCUT2D eigenvalue weighted by molar-refractivity contribution is -0.120. The van der Waals surface area contributed by atoms with Gasteiger partial charge >= 0.3 is 0 Å². The van der Waals surface area contributed by atoms with E-state index in [4.69, 9.17) is 16.1 Å². The molecule has 0 radical (unpaired) electrons. The quantitative estimate of drug-likeness (QED) is 0.718. The lowest BCUT2D eigenvalue weighted by Crippen LogP contribution is -2.31. The molecule has 0 spiro atoms. The zero-order valence-electron chi connectivity index (χ0n) is 7.16. The number of carbonyl (C=O) groups excluding carboxylic acids is 1. The first-order chi connectivity index (χ1) is 6.20. The molecule has 0 aliphatic heterocycles. The Morgan fingerprint density at radius 3 is 3.15 bits per heavy atom. The van der Waals surface area contributed by atoms with Gasteiger partial charge in [0.05, 0.1) is 0 Å². The lowest BCUT2D eigenvalue weighted by Gasteiger charge is -2.03. The molecule has 1 aromatic heterocycles. The summed E-state index contributed by atoms with van der Waals surface area (Å²) >= 11 is 5.53. The topological polar surface area (TPSA) is 68.0 Å². The molecule has 0 saturated heterocycles. The molecular formula is C7H10ClN3O2. The fourth-order valence-corrected chi connectivity index (χ4v) is 0.817. The molecule has 6 heteroatoms. The second-order valence-electron chi connectivity index (χ2n) is 2.49. The van der Waals surface area contributed by atoms with Crippen LogP contribution in [0.4, 0.5) is 0 Å². The maximum absolute atomic E-state index is 11.0.